The molecule has 0 saturated carbocycles. The molecule has 0 spiro atoms. The smallest absolute Gasteiger partial charge is 0.230 e. The van der Waals surface area contributed by atoms with E-state index in [1.807, 2.05) is 56.3 Å². The fourth-order valence-electron chi connectivity index (χ4n) is 3.17. The van der Waals surface area contributed by atoms with Crippen LogP contribution in [-0.4, -0.2) is 11.9 Å². The van der Waals surface area contributed by atoms with E-state index in [0.29, 0.717) is 0 Å². The van der Waals surface area contributed by atoms with Gasteiger partial charge in [0.05, 0.1) is 11.5 Å². The van der Waals surface area contributed by atoms with Crippen LogP contribution in [0.2, 0.25) is 0 Å². The number of carbonyl (C=O) groups is 1. The van der Waals surface area contributed by atoms with Crippen molar-refractivity contribution in [3.63, 3.8) is 0 Å². The molecule has 2 aromatic rings. The summed E-state index contributed by atoms with van der Waals surface area (Å²) in [5.74, 6) is 0.0547. The van der Waals surface area contributed by atoms with Gasteiger partial charge in [-0.2, -0.15) is 0 Å². The van der Waals surface area contributed by atoms with Crippen LogP contribution in [0, 0.1) is 0 Å². The second-order valence-corrected chi connectivity index (χ2v) is 6.81. The van der Waals surface area contributed by atoms with Crippen molar-refractivity contribution >= 4 is 5.91 Å². The van der Waals surface area contributed by atoms with Crippen LogP contribution in [0.4, 0.5) is 0 Å². The Balaban J connectivity index is 1.85. The molecule has 2 unspecified atom stereocenters. The van der Waals surface area contributed by atoms with Gasteiger partial charge in [0.2, 0.25) is 5.91 Å². The molecule has 0 bridgehead atoms. The fourth-order valence-corrected chi connectivity index (χ4v) is 3.17. The molecule has 23 heavy (non-hydrogen) atoms. The first kappa shape index (κ1) is 15.8. The van der Waals surface area contributed by atoms with Crippen LogP contribution in [0.15, 0.2) is 54.6 Å². The molecular formula is C20H24N2O. The Morgan fingerprint density at radius 1 is 1.09 bits per heavy atom. The van der Waals surface area contributed by atoms with Crippen LogP contribution in [0.5, 0.6) is 0 Å². The number of amides is 1. The number of hydrogen-bond acceptors (Lipinski definition) is 2. The Kier molecular flexibility index (Phi) is 4.22. The van der Waals surface area contributed by atoms with Gasteiger partial charge >= 0.3 is 0 Å². The van der Waals surface area contributed by atoms with Crippen LogP contribution in [0.25, 0.3) is 0 Å². The van der Waals surface area contributed by atoms with Crippen LogP contribution < -0.4 is 10.6 Å². The van der Waals surface area contributed by atoms with Crippen molar-refractivity contribution in [1.29, 1.82) is 0 Å². The van der Waals surface area contributed by atoms with Crippen LogP contribution in [-0.2, 0) is 16.8 Å². The normalized spacial score (nSPS) is 20.7. The van der Waals surface area contributed by atoms with Crippen LogP contribution in [0.1, 0.15) is 43.5 Å². The first-order valence-electron chi connectivity index (χ1n) is 8.18. The fraction of sp³-hybridized carbons (Fsp3) is 0.350. The number of fused-ring (bicyclic) bond motifs is 1. The maximum atomic E-state index is 12.9. The standard InChI is InChI=1S/C20H24N2O/c1-14-18(17-12-8-7-9-15(17)13-21-14)22-19(23)20(2,3)16-10-5-4-6-11-16/h4-12,14,18,21H,13H2,1-3H3,(H,22,23). The number of carbonyl (C=O) groups excluding carboxylic acids is 1. The molecule has 1 heterocycles. The minimum atomic E-state index is -0.562. The van der Waals surface area contributed by atoms with Gasteiger partial charge in [-0.05, 0) is 37.5 Å². The molecule has 3 heteroatoms. The quantitative estimate of drug-likeness (QED) is 0.913. The molecule has 2 aromatic carbocycles. The zero-order chi connectivity index (χ0) is 16.4. The summed E-state index contributed by atoms with van der Waals surface area (Å²) in [6.07, 6.45) is 0. The molecule has 1 aliphatic heterocycles. The molecule has 3 rings (SSSR count). The average molecular weight is 308 g/mol. The molecule has 120 valence electrons. The summed E-state index contributed by atoms with van der Waals surface area (Å²) in [5.41, 5.74) is 2.94. The van der Waals surface area contributed by atoms with E-state index in [4.69, 9.17) is 0 Å². The Morgan fingerprint density at radius 2 is 1.74 bits per heavy atom. The molecule has 0 radical (unpaired) electrons. The van der Waals surface area contributed by atoms with E-state index in [1.165, 1.54) is 11.1 Å². The van der Waals surface area contributed by atoms with Crippen molar-refractivity contribution in [2.24, 2.45) is 0 Å². The van der Waals surface area contributed by atoms with Crippen molar-refractivity contribution < 1.29 is 4.79 Å². The third-order valence-corrected chi connectivity index (χ3v) is 4.85. The Bertz CT molecular complexity index is 694. The van der Waals surface area contributed by atoms with Gasteiger partial charge < -0.3 is 10.6 Å². The summed E-state index contributed by atoms with van der Waals surface area (Å²) < 4.78 is 0. The Labute approximate surface area is 138 Å². The van der Waals surface area contributed by atoms with E-state index in [1.54, 1.807) is 0 Å². The maximum Gasteiger partial charge on any atom is 0.230 e. The first-order chi connectivity index (χ1) is 11.0. The molecule has 0 fully saturated rings. The molecule has 2 atom stereocenters. The summed E-state index contributed by atoms with van der Waals surface area (Å²) >= 11 is 0. The van der Waals surface area contributed by atoms with Crippen molar-refractivity contribution in [3.05, 3.63) is 71.3 Å². The summed E-state index contributed by atoms with van der Waals surface area (Å²) in [5, 5.41) is 6.73. The lowest BCUT2D eigenvalue weighted by atomic mass is 9.82. The minimum Gasteiger partial charge on any atom is -0.347 e. The molecule has 3 nitrogen and oxygen atoms in total. The van der Waals surface area contributed by atoms with E-state index >= 15 is 0 Å². The third kappa shape index (κ3) is 3.02. The number of benzene rings is 2. The zero-order valence-corrected chi connectivity index (χ0v) is 14.0. The SMILES string of the molecule is CC1NCc2ccccc2C1NC(=O)C(C)(C)c1ccccc1. The number of nitrogens with one attached hydrogen (secondary N) is 2. The molecule has 0 aromatic heterocycles. The van der Waals surface area contributed by atoms with Gasteiger partial charge in [0.25, 0.3) is 0 Å². The predicted molar refractivity (Wildman–Crippen MR) is 93.1 cm³/mol. The van der Waals surface area contributed by atoms with Gasteiger partial charge in [-0.1, -0.05) is 54.6 Å². The summed E-state index contributed by atoms with van der Waals surface area (Å²) in [6.45, 7) is 6.93. The van der Waals surface area contributed by atoms with Gasteiger partial charge in [0, 0.05) is 12.6 Å². The van der Waals surface area contributed by atoms with Gasteiger partial charge in [0.15, 0.2) is 0 Å². The third-order valence-electron chi connectivity index (χ3n) is 4.85. The Hall–Kier alpha value is -2.13. The van der Waals surface area contributed by atoms with Gasteiger partial charge in [-0.25, -0.2) is 0 Å². The van der Waals surface area contributed by atoms with Crippen molar-refractivity contribution in [2.45, 2.75) is 44.8 Å². The molecule has 0 saturated heterocycles. The lowest BCUT2D eigenvalue weighted by Crippen LogP contribution is -2.49. The Morgan fingerprint density at radius 3 is 2.48 bits per heavy atom. The van der Waals surface area contributed by atoms with Crippen molar-refractivity contribution in [3.8, 4) is 0 Å². The predicted octanol–water partition coefficient (Wildman–Crippen LogP) is 3.31. The van der Waals surface area contributed by atoms with E-state index in [-0.39, 0.29) is 18.0 Å². The van der Waals surface area contributed by atoms with Crippen LogP contribution >= 0.6 is 0 Å². The highest BCUT2D eigenvalue weighted by Gasteiger charge is 2.34. The first-order valence-corrected chi connectivity index (χ1v) is 8.18. The van der Waals surface area contributed by atoms with Gasteiger partial charge in [-0.3, -0.25) is 4.79 Å². The molecule has 0 aliphatic carbocycles. The zero-order valence-electron chi connectivity index (χ0n) is 14.0. The van der Waals surface area contributed by atoms with Crippen molar-refractivity contribution in [1.82, 2.24) is 10.6 Å². The second kappa shape index (κ2) is 6.17. The highest BCUT2D eigenvalue weighted by atomic mass is 16.2. The topological polar surface area (TPSA) is 41.1 Å². The summed E-state index contributed by atoms with van der Waals surface area (Å²) in [7, 11) is 0. The second-order valence-electron chi connectivity index (χ2n) is 6.81. The maximum absolute atomic E-state index is 12.9. The lowest BCUT2D eigenvalue weighted by molar-refractivity contribution is -0.126. The number of rotatable bonds is 3. The monoisotopic (exact) mass is 308 g/mol. The number of hydrogen-bond donors (Lipinski definition) is 2. The molecule has 2 N–H and O–H groups in total. The molecule has 1 amide bonds. The molecular weight excluding hydrogens is 284 g/mol. The van der Waals surface area contributed by atoms with E-state index in [9.17, 15) is 4.79 Å². The minimum absolute atomic E-state index is 0.00422. The van der Waals surface area contributed by atoms with E-state index in [2.05, 4.69) is 29.7 Å². The average Bonchev–Trinajstić information content (AvgIpc) is 2.58. The van der Waals surface area contributed by atoms with Crippen molar-refractivity contribution in [2.75, 3.05) is 0 Å². The largest absolute Gasteiger partial charge is 0.347 e. The van der Waals surface area contributed by atoms with E-state index < -0.39 is 5.41 Å². The van der Waals surface area contributed by atoms with Crippen LogP contribution in [0.3, 0.4) is 0 Å². The highest BCUT2D eigenvalue weighted by Crippen LogP contribution is 2.29. The van der Waals surface area contributed by atoms with Gasteiger partial charge in [0.1, 0.15) is 0 Å². The van der Waals surface area contributed by atoms with Gasteiger partial charge in [-0.15, -0.1) is 0 Å². The summed E-state index contributed by atoms with van der Waals surface area (Å²) in [6, 6.07) is 18.5. The summed E-state index contributed by atoms with van der Waals surface area (Å²) in [4.78, 5) is 12.9. The van der Waals surface area contributed by atoms with E-state index in [0.717, 1.165) is 12.1 Å². The molecule has 1 aliphatic rings. The highest BCUT2D eigenvalue weighted by molar-refractivity contribution is 5.87. The lowest BCUT2D eigenvalue weighted by Gasteiger charge is -2.35.